The van der Waals surface area contributed by atoms with E-state index in [0.717, 1.165) is 31.6 Å². The highest BCUT2D eigenvalue weighted by Crippen LogP contribution is 2.40. The highest BCUT2D eigenvalue weighted by molar-refractivity contribution is 6.03. The van der Waals surface area contributed by atoms with Crippen LogP contribution in [0.5, 0.6) is 0 Å². The summed E-state index contributed by atoms with van der Waals surface area (Å²) in [4.78, 5) is 22.3. The molecule has 4 nitrogen and oxygen atoms in total. The first-order valence-corrected chi connectivity index (χ1v) is 8.20. The minimum absolute atomic E-state index is 0.283. The number of nitrogens with one attached hydrogen (secondary N) is 1. The highest BCUT2D eigenvalue weighted by atomic mass is 16.5. The Morgan fingerprint density at radius 2 is 2.05 bits per heavy atom. The van der Waals surface area contributed by atoms with E-state index in [2.05, 4.69) is 5.32 Å². The molecule has 1 unspecified atom stereocenters. The van der Waals surface area contributed by atoms with Crippen LogP contribution in [0.3, 0.4) is 0 Å². The molecule has 1 heterocycles. The molecule has 21 heavy (non-hydrogen) atoms. The maximum atomic E-state index is 11.5. The Hall–Kier alpha value is -1.16. The summed E-state index contributed by atoms with van der Waals surface area (Å²) >= 11 is 0. The molecule has 0 spiro atoms. The van der Waals surface area contributed by atoms with Crippen LogP contribution >= 0.6 is 0 Å². The van der Waals surface area contributed by atoms with Gasteiger partial charge in [0.05, 0.1) is 12.2 Å². The summed E-state index contributed by atoms with van der Waals surface area (Å²) in [5.41, 5.74) is 0.622. The number of ether oxygens (including phenoxy) is 1. The number of hydrogen-bond acceptors (Lipinski definition) is 3. The molecule has 2 aliphatic rings. The maximum Gasteiger partial charge on any atom is 0.253 e. The number of fused-ring (bicyclic) bond motifs is 1. The van der Waals surface area contributed by atoms with E-state index in [-0.39, 0.29) is 11.8 Å². The molecule has 2 amide bonds. The fraction of sp³-hybridized carbons (Fsp3) is 0.765. The fourth-order valence-corrected chi connectivity index (χ4v) is 3.46. The topological polar surface area (TPSA) is 55.4 Å². The molecule has 0 bridgehead atoms. The van der Waals surface area contributed by atoms with Gasteiger partial charge in [0.25, 0.3) is 5.91 Å². The molecule has 118 valence electrons. The van der Waals surface area contributed by atoms with Crippen LogP contribution in [0.2, 0.25) is 0 Å². The van der Waals surface area contributed by atoms with E-state index in [1.165, 1.54) is 32.6 Å². The van der Waals surface area contributed by atoms with Crippen LogP contribution in [0.1, 0.15) is 65.2 Å². The predicted molar refractivity (Wildman–Crippen MR) is 81.7 cm³/mol. The Balaban J connectivity index is 1.57. The van der Waals surface area contributed by atoms with E-state index in [4.69, 9.17) is 4.74 Å². The Bertz CT molecular complexity index is 404. The lowest BCUT2D eigenvalue weighted by Gasteiger charge is -2.11. The van der Waals surface area contributed by atoms with Crippen LogP contribution < -0.4 is 5.32 Å². The summed E-state index contributed by atoms with van der Waals surface area (Å²) in [6.45, 7) is 3.10. The molecule has 1 saturated heterocycles. The average Bonchev–Trinajstić information content (AvgIpc) is 2.98. The molecule has 0 aromatic rings. The third kappa shape index (κ3) is 4.95. The van der Waals surface area contributed by atoms with Crippen molar-refractivity contribution in [3.8, 4) is 0 Å². The lowest BCUT2D eigenvalue weighted by atomic mass is 9.99. The third-order valence-corrected chi connectivity index (χ3v) is 4.60. The van der Waals surface area contributed by atoms with Gasteiger partial charge in [0, 0.05) is 12.5 Å². The Morgan fingerprint density at radius 1 is 1.24 bits per heavy atom. The third-order valence-electron chi connectivity index (χ3n) is 4.60. The standard InChI is InChI=1S/C17H27NO3/c1-12(17(20)18-13(2)19)7-4-3-5-9-15-11-14-8-6-10-16(14)21-15/h7,14-16H,3-6,8-11H2,1-2H3,(H,18,19,20)/b12-7-/t14-,15-,16?/m1/s1. The van der Waals surface area contributed by atoms with Crippen molar-refractivity contribution in [3.05, 3.63) is 11.6 Å². The van der Waals surface area contributed by atoms with E-state index < -0.39 is 0 Å². The first-order chi connectivity index (χ1) is 10.1. The van der Waals surface area contributed by atoms with Gasteiger partial charge >= 0.3 is 0 Å². The summed E-state index contributed by atoms with van der Waals surface area (Å²) < 4.78 is 6.08. The van der Waals surface area contributed by atoms with Crippen LogP contribution in [0.25, 0.3) is 0 Å². The van der Waals surface area contributed by atoms with E-state index in [9.17, 15) is 9.59 Å². The largest absolute Gasteiger partial charge is 0.375 e. The minimum Gasteiger partial charge on any atom is -0.375 e. The summed E-state index contributed by atoms with van der Waals surface area (Å²) in [6.07, 6.45) is 12.4. The number of amides is 2. The Labute approximate surface area is 127 Å². The van der Waals surface area contributed by atoms with Crippen molar-refractivity contribution < 1.29 is 14.3 Å². The zero-order valence-electron chi connectivity index (χ0n) is 13.2. The maximum absolute atomic E-state index is 11.5. The summed E-state index contributed by atoms with van der Waals surface area (Å²) in [6, 6.07) is 0. The SMILES string of the molecule is CC(=O)NC(=O)/C(C)=C\CCCC[C@@H]1C[C@H]2CCCC2O1. The molecule has 3 atom stereocenters. The lowest BCUT2D eigenvalue weighted by molar-refractivity contribution is -0.127. The number of carbonyl (C=O) groups is 2. The second kappa shape index (κ2) is 7.74. The van der Waals surface area contributed by atoms with Gasteiger partial charge in [0.2, 0.25) is 5.91 Å². The number of rotatable bonds is 6. The van der Waals surface area contributed by atoms with Gasteiger partial charge in [-0.05, 0) is 51.4 Å². The van der Waals surface area contributed by atoms with Gasteiger partial charge in [-0.25, -0.2) is 0 Å². The van der Waals surface area contributed by atoms with Gasteiger partial charge < -0.3 is 4.74 Å². The fourth-order valence-electron chi connectivity index (χ4n) is 3.46. The van der Waals surface area contributed by atoms with Crippen LogP contribution in [0.4, 0.5) is 0 Å². The summed E-state index contributed by atoms with van der Waals surface area (Å²) in [5.74, 6) is 0.235. The molecule has 0 aromatic carbocycles. The zero-order chi connectivity index (χ0) is 15.2. The van der Waals surface area contributed by atoms with Gasteiger partial charge in [-0.1, -0.05) is 18.9 Å². The lowest BCUT2D eigenvalue weighted by Crippen LogP contribution is -2.28. The molecule has 1 aliphatic carbocycles. The van der Waals surface area contributed by atoms with Crippen molar-refractivity contribution in [1.29, 1.82) is 0 Å². The van der Waals surface area contributed by atoms with Crippen molar-refractivity contribution in [1.82, 2.24) is 5.32 Å². The Kier molecular flexibility index (Phi) is 5.97. The van der Waals surface area contributed by atoms with Crippen LogP contribution in [0.15, 0.2) is 11.6 Å². The van der Waals surface area contributed by atoms with Crippen molar-refractivity contribution in [2.45, 2.75) is 77.4 Å². The monoisotopic (exact) mass is 293 g/mol. The quantitative estimate of drug-likeness (QED) is 0.604. The molecular weight excluding hydrogens is 266 g/mol. The second-order valence-corrected chi connectivity index (χ2v) is 6.41. The average molecular weight is 293 g/mol. The van der Waals surface area contributed by atoms with E-state index in [0.29, 0.717) is 17.8 Å². The number of unbranched alkanes of at least 4 members (excludes halogenated alkanes) is 2. The summed E-state index contributed by atoms with van der Waals surface area (Å²) in [7, 11) is 0. The second-order valence-electron chi connectivity index (χ2n) is 6.41. The minimum atomic E-state index is -0.309. The van der Waals surface area contributed by atoms with Crippen molar-refractivity contribution >= 4 is 11.8 Å². The van der Waals surface area contributed by atoms with Crippen molar-refractivity contribution in [2.75, 3.05) is 0 Å². The molecule has 2 rings (SSSR count). The highest BCUT2D eigenvalue weighted by Gasteiger charge is 2.37. The van der Waals surface area contributed by atoms with Gasteiger partial charge in [0.1, 0.15) is 0 Å². The first kappa shape index (κ1) is 16.2. The molecule has 0 radical (unpaired) electrons. The smallest absolute Gasteiger partial charge is 0.253 e. The number of allylic oxidation sites excluding steroid dienone is 1. The van der Waals surface area contributed by atoms with Crippen molar-refractivity contribution in [3.63, 3.8) is 0 Å². The van der Waals surface area contributed by atoms with E-state index in [1.54, 1.807) is 6.92 Å². The number of hydrogen-bond donors (Lipinski definition) is 1. The van der Waals surface area contributed by atoms with Gasteiger partial charge in [-0.2, -0.15) is 0 Å². The molecule has 4 heteroatoms. The van der Waals surface area contributed by atoms with Gasteiger partial charge in [-0.15, -0.1) is 0 Å². The number of carbonyl (C=O) groups excluding carboxylic acids is 2. The zero-order valence-corrected chi connectivity index (χ0v) is 13.2. The number of imide groups is 1. The molecule has 1 saturated carbocycles. The molecule has 1 N–H and O–H groups in total. The van der Waals surface area contributed by atoms with Crippen LogP contribution in [0, 0.1) is 5.92 Å². The van der Waals surface area contributed by atoms with Crippen LogP contribution in [-0.4, -0.2) is 24.0 Å². The van der Waals surface area contributed by atoms with Crippen LogP contribution in [-0.2, 0) is 14.3 Å². The molecular formula is C17H27NO3. The predicted octanol–water partition coefficient (Wildman–Crippen LogP) is 3.11. The van der Waals surface area contributed by atoms with E-state index in [1.807, 2.05) is 6.08 Å². The molecule has 0 aromatic heterocycles. The Morgan fingerprint density at radius 3 is 2.76 bits per heavy atom. The summed E-state index contributed by atoms with van der Waals surface area (Å²) in [5, 5.41) is 2.28. The van der Waals surface area contributed by atoms with Crippen molar-refractivity contribution in [2.24, 2.45) is 5.92 Å². The first-order valence-electron chi connectivity index (χ1n) is 8.20. The van der Waals surface area contributed by atoms with Gasteiger partial charge in [0.15, 0.2) is 0 Å². The molecule has 1 aliphatic heterocycles. The normalized spacial score (nSPS) is 28.5. The van der Waals surface area contributed by atoms with Gasteiger partial charge in [-0.3, -0.25) is 14.9 Å². The van der Waals surface area contributed by atoms with E-state index >= 15 is 0 Å². The molecule has 2 fully saturated rings.